The van der Waals surface area contributed by atoms with E-state index in [0.29, 0.717) is 0 Å². The van der Waals surface area contributed by atoms with Crippen LogP contribution in [-0.4, -0.2) is 4.98 Å². The number of nitriles is 1. The van der Waals surface area contributed by atoms with E-state index >= 15 is 0 Å². The lowest BCUT2D eigenvalue weighted by Gasteiger charge is -2.09. The molecule has 0 saturated carbocycles. The first-order valence-electron chi connectivity index (χ1n) is 5.20. The molecule has 0 aromatic carbocycles. The topological polar surface area (TPSA) is 36.7 Å². The summed E-state index contributed by atoms with van der Waals surface area (Å²) in [5, 5.41) is 8.99. The lowest BCUT2D eigenvalue weighted by Crippen LogP contribution is -2.01. The van der Waals surface area contributed by atoms with Gasteiger partial charge < -0.3 is 0 Å². The number of aryl methyl sites for hydroxylation is 1. The SMILES string of the molecule is Cc1ncc(C#N)c2c1CCCCC2. The zero-order valence-electron chi connectivity index (χ0n) is 8.51. The smallest absolute Gasteiger partial charge is 0.101 e. The van der Waals surface area contributed by atoms with Crippen molar-refractivity contribution in [3.8, 4) is 6.07 Å². The fraction of sp³-hybridized carbons (Fsp3) is 0.500. The van der Waals surface area contributed by atoms with Crippen molar-refractivity contribution >= 4 is 0 Å². The normalized spacial score (nSPS) is 15.4. The molecule has 0 amide bonds. The van der Waals surface area contributed by atoms with Gasteiger partial charge in [0.1, 0.15) is 6.07 Å². The Balaban J connectivity index is 2.56. The van der Waals surface area contributed by atoms with Crippen LogP contribution in [0, 0.1) is 18.3 Å². The molecular weight excluding hydrogens is 172 g/mol. The van der Waals surface area contributed by atoms with Crippen LogP contribution in [-0.2, 0) is 12.8 Å². The largest absolute Gasteiger partial charge is 0.260 e. The van der Waals surface area contributed by atoms with E-state index in [1.807, 2.05) is 6.92 Å². The van der Waals surface area contributed by atoms with E-state index < -0.39 is 0 Å². The molecule has 0 spiro atoms. The van der Waals surface area contributed by atoms with Crippen molar-refractivity contribution in [2.75, 3.05) is 0 Å². The van der Waals surface area contributed by atoms with E-state index in [4.69, 9.17) is 5.26 Å². The highest BCUT2D eigenvalue weighted by atomic mass is 14.7. The second kappa shape index (κ2) is 3.79. The van der Waals surface area contributed by atoms with Gasteiger partial charge in [-0.1, -0.05) is 6.42 Å². The van der Waals surface area contributed by atoms with Crippen LogP contribution in [0.15, 0.2) is 6.20 Å². The number of pyridine rings is 1. The van der Waals surface area contributed by atoms with Crippen LogP contribution in [0.4, 0.5) is 0 Å². The zero-order valence-corrected chi connectivity index (χ0v) is 8.51. The van der Waals surface area contributed by atoms with Crippen LogP contribution >= 0.6 is 0 Å². The van der Waals surface area contributed by atoms with E-state index in [9.17, 15) is 0 Å². The predicted octanol–water partition coefficient (Wildman–Crippen LogP) is 2.53. The molecule has 1 aromatic heterocycles. The van der Waals surface area contributed by atoms with Crippen molar-refractivity contribution in [3.05, 3.63) is 28.6 Å². The molecule has 1 aliphatic rings. The van der Waals surface area contributed by atoms with E-state index in [1.54, 1.807) is 6.20 Å². The number of rotatable bonds is 0. The standard InChI is InChI=1S/C12H14N2/c1-9-11-5-3-2-4-6-12(11)10(7-13)8-14-9/h8H,2-6H2,1H3. The van der Waals surface area contributed by atoms with Crippen LogP contribution in [0.25, 0.3) is 0 Å². The summed E-state index contributed by atoms with van der Waals surface area (Å²) < 4.78 is 0. The van der Waals surface area contributed by atoms with E-state index in [0.717, 1.165) is 24.1 Å². The molecule has 0 radical (unpaired) electrons. The van der Waals surface area contributed by atoms with Gasteiger partial charge in [0.25, 0.3) is 0 Å². The maximum Gasteiger partial charge on any atom is 0.101 e. The molecule has 0 fully saturated rings. The number of nitrogens with zero attached hydrogens (tertiary/aromatic N) is 2. The predicted molar refractivity (Wildman–Crippen MR) is 54.9 cm³/mol. The molecule has 2 heteroatoms. The molecule has 0 aliphatic heterocycles. The van der Waals surface area contributed by atoms with Crippen LogP contribution in [0.2, 0.25) is 0 Å². The van der Waals surface area contributed by atoms with Crippen LogP contribution in [0.5, 0.6) is 0 Å². The van der Waals surface area contributed by atoms with Crippen LogP contribution < -0.4 is 0 Å². The number of aromatic nitrogens is 1. The summed E-state index contributed by atoms with van der Waals surface area (Å²) in [5.41, 5.74) is 4.49. The highest BCUT2D eigenvalue weighted by Crippen LogP contribution is 2.24. The molecule has 1 aliphatic carbocycles. The number of fused-ring (bicyclic) bond motifs is 1. The Labute approximate surface area is 84.6 Å². The summed E-state index contributed by atoms with van der Waals surface area (Å²) >= 11 is 0. The summed E-state index contributed by atoms with van der Waals surface area (Å²) in [6, 6.07) is 2.25. The van der Waals surface area contributed by atoms with Gasteiger partial charge in [0.15, 0.2) is 0 Å². The van der Waals surface area contributed by atoms with E-state index in [1.165, 1.54) is 30.4 Å². The summed E-state index contributed by atoms with van der Waals surface area (Å²) in [6.07, 6.45) is 7.61. The molecule has 0 saturated heterocycles. The molecule has 0 atom stereocenters. The third-order valence-corrected chi connectivity index (χ3v) is 2.99. The van der Waals surface area contributed by atoms with Crippen molar-refractivity contribution < 1.29 is 0 Å². The van der Waals surface area contributed by atoms with Gasteiger partial charge in [-0.3, -0.25) is 4.98 Å². The van der Waals surface area contributed by atoms with Crippen LogP contribution in [0.1, 0.15) is 41.6 Å². The average Bonchev–Trinajstić information content (AvgIpc) is 2.44. The number of hydrogen-bond acceptors (Lipinski definition) is 2. The van der Waals surface area contributed by atoms with Gasteiger partial charge in [-0.25, -0.2) is 0 Å². The fourth-order valence-corrected chi connectivity index (χ4v) is 2.19. The average molecular weight is 186 g/mol. The molecule has 1 heterocycles. The first kappa shape index (κ1) is 9.21. The minimum absolute atomic E-state index is 0.785. The Morgan fingerprint density at radius 2 is 1.93 bits per heavy atom. The Kier molecular flexibility index (Phi) is 2.49. The van der Waals surface area contributed by atoms with Crippen molar-refractivity contribution in [1.29, 1.82) is 5.26 Å². The van der Waals surface area contributed by atoms with Gasteiger partial charge in [-0.15, -0.1) is 0 Å². The maximum atomic E-state index is 8.99. The molecule has 72 valence electrons. The minimum Gasteiger partial charge on any atom is -0.260 e. The Morgan fingerprint density at radius 3 is 2.64 bits per heavy atom. The fourth-order valence-electron chi connectivity index (χ4n) is 2.19. The summed E-state index contributed by atoms with van der Waals surface area (Å²) in [5.74, 6) is 0. The quantitative estimate of drug-likeness (QED) is 0.584. The first-order valence-corrected chi connectivity index (χ1v) is 5.20. The zero-order chi connectivity index (χ0) is 9.97. The summed E-state index contributed by atoms with van der Waals surface area (Å²) in [6.45, 7) is 2.05. The minimum atomic E-state index is 0.785. The second-order valence-electron chi connectivity index (χ2n) is 3.89. The molecule has 2 nitrogen and oxygen atoms in total. The lowest BCUT2D eigenvalue weighted by molar-refractivity contribution is 0.710. The van der Waals surface area contributed by atoms with Gasteiger partial charge in [-0.05, 0) is 43.7 Å². The third-order valence-electron chi connectivity index (χ3n) is 2.99. The third kappa shape index (κ3) is 1.50. The van der Waals surface area contributed by atoms with Crippen molar-refractivity contribution in [1.82, 2.24) is 4.98 Å². The lowest BCUT2D eigenvalue weighted by atomic mass is 9.98. The van der Waals surface area contributed by atoms with Crippen molar-refractivity contribution in [3.63, 3.8) is 0 Å². The first-order chi connectivity index (χ1) is 6.83. The number of hydrogen-bond donors (Lipinski definition) is 0. The van der Waals surface area contributed by atoms with Crippen molar-refractivity contribution in [2.24, 2.45) is 0 Å². The Hall–Kier alpha value is -1.36. The molecular formula is C12H14N2. The summed E-state index contributed by atoms with van der Waals surface area (Å²) in [7, 11) is 0. The molecule has 14 heavy (non-hydrogen) atoms. The highest BCUT2D eigenvalue weighted by Gasteiger charge is 2.14. The van der Waals surface area contributed by atoms with Gasteiger partial charge in [-0.2, -0.15) is 5.26 Å². The summed E-state index contributed by atoms with van der Waals surface area (Å²) in [4.78, 5) is 4.28. The van der Waals surface area contributed by atoms with E-state index in [2.05, 4.69) is 11.1 Å². The molecule has 0 unspecified atom stereocenters. The molecule has 0 N–H and O–H groups in total. The van der Waals surface area contributed by atoms with Gasteiger partial charge in [0.05, 0.1) is 5.56 Å². The van der Waals surface area contributed by atoms with E-state index in [-0.39, 0.29) is 0 Å². The van der Waals surface area contributed by atoms with Crippen LogP contribution in [0.3, 0.4) is 0 Å². The van der Waals surface area contributed by atoms with Gasteiger partial charge in [0, 0.05) is 11.9 Å². The second-order valence-corrected chi connectivity index (χ2v) is 3.89. The molecule has 2 rings (SSSR count). The highest BCUT2D eigenvalue weighted by molar-refractivity contribution is 5.43. The monoisotopic (exact) mass is 186 g/mol. The van der Waals surface area contributed by atoms with Gasteiger partial charge in [0.2, 0.25) is 0 Å². The maximum absolute atomic E-state index is 8.99. The molecule has 0 bridgehead atoms. The Bertz CT molecular complexity index is 388. The Morgan fingerprint density at radius 1 is 1.21 bits per heavy atom. The van der Waals surface area contributed by atoms with Gasteiger partial charge >= 0.3 is 0 Å². The molecule has 1 aromatic rings. The van der Waals surface area contributed by atoms with Crippen molar-refractivity contribution in [2.45, 2.75) is 39.0 Å².